The molecule has 2 rings (SSSR count). The van der Waals surface area contributed by atoms with E-state index in [0.29, 0.717) is 11.1 Å². The van der Waals surface area contributed by atoms with Gasteiger partial charge in [-0.05, 0) is 13.0 Å². The van der Waals surface area contributed by atoms with Crippen LogP contribution in [0.1, 0.15) is 16.1 Å². The first-order valence-electron chi connectivity index (χ1n) is 6.19. The van der Waals surface area contributed by atoms with Crippen LogP contribution in [-0.4, -0.2) is 31.6 Å². The van der Waals surface area contributed by atoms with Crippen molar-refractivity contribution in [2.45, 2.75) is 6.92 Å². The van der Waals surface area contributed by atoms with E-state index in [1.54, 1.807) is 19.1 Å². The molecule has 0 saturated heterocycles. The van der Waals surface area contributed by atoms with Crippen LogP contribution >= 0.6 is 0 Å². The Morgan fingerprint density at radius 2 is 1.95 bits per heavy atom. The van der Waals surface area contributed by atoms with Gasteiger partial charge in [0.2, 0.25) is 5.76 Å². The van der Waals surface area contributed by atoms with Crippen molar-refractivity contribution < 1.29 is 23.5 Å². The lowest BCUT2D eigenvalue weighted by molar-refractivity contribution is -0.123. The summed E-state index contributed by atoms with van der Waals surface area (Å²) in [6.45, 7) is 1.16. The Morgan fingerprint density at radius 1 is 1.24 bits per heavy atom. The number of nitrogens with one attached hydrogen (secondary N) is 2. The molecule has 0 spiro atoms. The molecule has 0 aliphatic carbocycles. The average molecular weight is 290 g/mol. The van der Waals surface area contributed by atoms with Gasteiger partial charge in [0, 0.05) is 18.0 Å². The van der Waals surface area contributed by atoms with Crippen molar-refractivity contribution in [3.05, 3.63) is 35.6 Å². The van der Waals surface area contributed by atoms with Gasteiger partial charge in [0.05, 0.1) is 0 Å². The first-order chi connectivity index (χ1) is 10.0. The number of carbonyl (C=O) groups is 3. The van der Waals surface area contributed by atoms with Gasteiger partial charge in [-0.2, -0.15) is 0 Å². The first-order valence-corrected chi connectivity index (χ1v) is 6.19. The van der Waals surface area contributed by atoms with Crippen LogP contribution in [0.2, 0.25) is 0 Å². The predicted molar refractivity (Wildman–Crippen MR) is 73.8 cm³/mol. The van der Waals surface area contributed by atoms with Crippen LogP contribution in [0.15, 0.2) is 28.7 Å². The third-order valence-corrected chi connectivity index (χ3v) is 2.84. The van der Waals surface area contributed by atoms with Crippen LogP contribution in [0.25, 0.3) is 11.0 Å². The van der Waals surface area contributed by atoms with E-state index in [1.165, 1.54) is 7.05 Å². The zero-order valence-corrected chi connectivity index (χ0v) is 11.6. The number of hydrogen-bond donors (Lipinski definition) is 2. The number of carbonyl (C=O) groups excluding carboxylic acids is 3. The molecule has 0 saturated carbocycles. The number of fused-ring (bicyclic) bond motifs is 1. The van der Waals surface area contributed by atoms with Gasteiger partial charge in [0.1, 0.15) is 5.58 Å². The molecular weight excluding hydrogens is 276 g/mol. The van der Waals surface area contributed by atoms with E-state index in [1.807, 2.05) is 17.4 Å². The van der Waals surface area contributed by atoms with Crippen LogP contribution in [-0.2, 0) is 9.53 Å². The maximum Gasteiger partial charge on any atom is 0.375 e. The fraction of sp³-hybridized carbons (Fsp3) is 0.214. The van der Waals surface area contributed by atoms with Crippen LogP contribution in [0.5, 0.6) is 0 Å². The van der Waals surface area contributed by atoms with E-state index in [9.17, 15) is 14.4 Å². The monoisotopic (exact) mass is 290 g/mol. The minimum atomic E-state index is -0.754. The number of rotatable bonds is 3. The van der Waals surface area contributed by atoms with E-state index >= 15 is 0 Å². The number of furan rings is 1. The fourth-order valence-corrected chi connectivity index (χ4v) is 1.79. The molecule has 2 aromatic rings. The molecule has 0 fully saturated rings. The Labute approximate surface area is 120 Å². The molecule has 7 heteroatoms. The maximum atomic E-state index is 11.9. The number of para-hydroxylation sites is 1. The largest absolute Gasteiger partial charge is 0.450 e. The van der Waals surface area contributed by atoms with E-state index in [0.717, 1.165) is 5.39 Å². The Hall–Kier alpha value is -2.83. The van der Waals surface area contributed by atoms with Crippen LogP contribution in [0, 0.1) is 6.92 Å². The highest BCUT2D eigenvalue weighted by atomic mass is 16.5. The highest BCUT2D eigenvalue weighted by Gasteiger charge is 2.20. The molecule has 3 amide bonds. The Balaban J connectivity index is 2.04. The molecule has 0 unspecified atom stereocenters. The standard InChI is InChI=1S/C14H14N2O5/c1-8-9-5-3-4-6-10(9)21-12(8)13(18)20-7-11(17)16-14(19)15-2/h3-6H,7H2,1-2H3,(H2,15,16,17,19). The van der Waals surface area contributed by atoms with Crippen molar-refractivity contribution >= 4 is 28.9 Å². The second-order valence-electron chi connectivity index (χ2n) is 4.26. The second kappa shape index (κ2) is 6.08. The molecule has 1 aromatic heterocycles. The number of hydrogen-bond acceptors (Lipinski definition) is 5. The number of urea groups is 1. The molecule has 0 radical (unpaired) electrons. The topological polar surface area (TPSA) is 97.6 Å². The van der Waals surface area contributed by atoms with Crippen molar-refractivity contribution in [1.82, 2.24) is 10.6 Å². The van der Waals surface area contributed by atoms with Crippen molar-refractivity contribution in [2.24, 2.45) is 0 Å². The zero-order chi connectivity index (χ0) is 15.4. The summed E-state index contributed by atoms with van der Waals surface area (Å²) in [5.74, 6) is -1.43. The summed E-state index contributed by atoms with van der Waals surface area (Å²) in [5.41, 5.74) is 1.21. The average Bonchev–Trinajstić information content (AvgIpc) is 2.82. The molecule has 21 heavy (non-hydrogen) atoms. The molecular formula is C14H14N2O5. The molecule has 0 aliphatic rings. The van der Waals surface area contributed by atoms with Gasteiger partial charge < -0.3 is 14.5 Å². The normalized spacial score (nSPS) is 10.2. The lowest BCUT2D eigenvalue weighted by Gasteiger charge is -2.04. The Kier molecular flexibility index (Phi) is 4.22. The second-order valence-corrected chi connectivity index (χ2v) is 4.26. The van der Waals surface area contributed by atoms with Crippen molar-refractivity contribution in [1.29, 1.82) is 0 Å². The number of imide groups is 1. The molecule has 2 N–H and O–H groups in total. The number of amides is 3. The van der Waals surface area contributed by atoms with Gasteiger partial charge in [0.25, 0.3) is 5.91 Å². The Bertz CT molecular complexity index is 704. The lowest BCUT2D eigenvalue weighted by Crippen LogP contribution is -2.39. The highest BCUT2D eigenvalue weighted by molar-refractivity contribution is 5.98. The van der Waals surface area contributed by atoms with Crippen LogP contribution in [0.4, 0.5) is 4.79 Å². The summed E-state index contributed by atoms with van der Waals surface area (Å²) in [5, 5.41) is 5.00. The lowest BCUT2D eigenvalue weighted by atomic mass is 10.1. The van der Waals surface area contributed by atoms with E-state index < -0.39 is 24.5 Å². The summed E-state index contributed by atoms with van der Waals surface area (Å²) in [6, 6.07) is 6.50. The van der Waals surface area contributed by atoms with Gasteiger partial charge in [-0.1, -0.05) is 18.2 Å². The summed E-state index contributed by atoms with van der Waals surface area (Å²) in [4.78, 5) is 34.1. The number of esters is 1. The minimum Gasteiger partial charge on any atom is -0.450 e. The molecule has 0 bridgehead atoms. The fourth-order valence-electron chi connectivity index (χ4n) is 1.79. The zero-order valence-electron chi connectivity index (χ0n) is 11.6. The van der Waals surface area contributed by atoms with Crippen molar-refractivity contribution in [3.63, 3.8) is 0 Å². The molecule has 0 aliphatic heterocycles. The molecule has 0 atom stereocenters. The number of aryl methyl sites for hydroxylation is 1. The summed E-state index contributed by atoms with van der Waals surface area (Å²) >= 11 is 0. The van der Waals surface area contributed by atoms with Gasteiger partial charge in [-0.25, -0.2) is 9.59 Å². The predicted octanol–water partition coefficient (Wildman–Crippen LogP) is 1.35. The Morgan fingerprint density at radius 3 is 2.62 bits per heavy atom. The van der Waals surface area contributed by atoms with Crippen molar-refractivity contribution in [3.8, 4) is 0 Å². The summed E-state index contributed by atoms with van der Waals surface area (Å²) < 4.78 is 10.2. The first kappa shape index (κ1) is 14.6. The highest BCUT2D eigenvalue weighted by Crippen LogP contribution is 2.25. The molecule has 1 heterocycles. The number of benzene rings is 1. The van der Waals surface area contributed by atoms with Gasteiger partial charge in [-0.15, -0.1) is 0 Å². The molecule has 110 valence electrons. The summed E-state index contributed by atoms with van der Waals surface area (Å²) in [6.07, 6.45) is 0. The SMILES string of the molecule is CNC(=O)NC(=O)COC(=O)c1oc2ccccc2c1C. The van der Waals surface area contributed by atoms with Gasteiger partial charge in [-0.3, -0.25) is 10.1 Å². The van der Waals surface area contributed by atoms with Crippen LogP contribution in [0.3, 0.4) is 0 Å². The van der Waals surface area contributed by atoms with E-state index in [4.69, 9.17) is 9.15 Å². The third kappa shape index (κ3) is 3.19. The van der Waals surface area contributed by atoms with Crippen LogP contribution < -0.4 is 10.6 Å². The van der Waals surface area contributed by atoms with Gasteiger partial charge in [0.15, 0.2) is 6.61 Å². The van der Waals surface area contributed by atoms with Crippen molar-refractivity contribution in [2.75, 3.05) is 13.7 Å². The smallest absolute Gasteiger partial charge is 0.375 e. The minimum absolute atomic E-state index is 0.0453. The maximum absolute atomic E-state index is 11.9. The molecule has 7 nitrogen and oxygen atoms in total. The molecule has 1 aromatic carbocycles. The van der Waals surface area contributed by atoms with E-state index in [-0.39, 0.29) is 5.76 Å². The quantitative estimate of drug-likeness (QED) is 0.832. The van der Waals surface area contributed by atoms with Gasteiger partial charge >= 0.3 is 12.0 Å². The van der Waals surface area contributed by atoms with E-state index in [2.05, 4.69) is 5.32 Å². The third-order valence-electron chi connectivity index (χ3n) is 2.84. The number of ether oxygens (including phenoxy) is 1. The summed E-state index contributed by atoms with van der Waals surface area (Å²) in [7, 11) is 1.37.